The van der Waals surface area contributed by atoms with E-state index in [1.165, 1.54) is 6.42 Å². The third-order valence-corrected chi connectivity index (χ3v) is 5.18. The van der Waals surface area contributed by atoms with Crippen LogP contribution in [0.25, 0.3) is 0 Å². The van der Waals surface area contributed by atoms with Gasteiger partial charge in [-0.05, 0) is 60.7 Å². The molecule has 13 heavy (non-hydrogen) atoms. The Labute approximate surface area is 82.1 Å². The molecule has 3 fully saturated rings. The van der Waals surface area contributed by atoms with Gasteiger partial charge >= 0.3 is 0 Å². The largest absolute Gasteiger partial charge is 0.0622 e. The summed E-state index contributed by atoms with van der Waals surface area (Å²) in [5.74, 6) is 5.54. The first-order valence-electron chi connectivity index (χ1n) is 6.09. The van der Waals surface area contributed by atoms with Crippen LogP contribution in [0.15, 0.2) is 0 Å². The summed E-state index contributed by atoms with van der Waals surface area (Å²) in [5, 5.41) is 0. The predicted molar refractivity (Wildman–Crippen MR) is 55.4 cm³/mol. The van der Waals surface area contributed by atoms with Gasteiger partial charge < -0.3 is 0 Å². The fraction of sp³-hybridized carbons (Fsp3) is 1.00. The lowest BCUT2D eigenvalue weighted by molar-refractivity contribution is 0.00357. The van der Waals surface area contributed by atoms with Gasteiger partial charge in [-0.1, -0.05) is 20.8 Å². The van der Waals surface area contributed by atoms with E-state index in [4.69, 9.17) is 0 Å². The van der Waals surface area contributed by atoms with Crippen molar-refractivity contribution >= 4 is 0 Å². The number of hydrogen-bond acceptors (Lipinski definition) is 0. The second-order valence-corrected chi connectivity index (χ2v) is 6.60. The summed E-state index contributed by atoms with van der Waals surface area (Å²) in [6.07, 6.45) is 6.18. The van der Waals surface area contributed by atoms with Gasteiger partial charge in [0.05, 0.1) is 0 Å². The molecule has 0 N–H and O–H groups in total. The van der Waals surface area contributed by atoms with Crippen molar-refractivity contribution in [3.05, 3.63) is 0 Å². The zero-order valence-electron chi connectivity index (χ0n) is 9.22. The first-order chi connectivity index (χ1) is 6.09. The van der Waals surface area contributed by atoms with Gasteiger partial charge in [0.2, 0.25) is 0 Å². The van der Waals surface area contributed by atoms with E-state index in [0.29, 0.717) is 5.41 Å². The minimum Gasteiger partial charge on any atom is -0.0622 e. The molecule has 3 saturated carbocycles. The molecule has 3 aliphatic carbocycles. The Morgan fingerprint density at radius 3 is 2.31 bits per heavy atom. The Morgan fingerprint density at radius 1 is 1.08 bits per heavy atom. The zero-order chi connectivity index (χ0) is 9.22. The average molecular weight is 178 g/mol. The van der Waals surface area contributed by atoms with Crippen LogP contribution in [0.3, 0.4) is 0 Å². The summed E-state index contributed by atoms with van der Waals surface area (Å²) in [7, 11) is 0. The van der Waals surface area contributed by atoms with Gasteiger partial charge in [0.25, 0.3) is 0 Å². The number of rotatable bonds is 1. The van der Waals surface area contributed by atoms with E-state index in [1.54, 1.807) is 19.3 Å². The van der Waals surface area contributed by atoms with E-state index in [1.807, 2.05) is 0 Å². The molecule has 0 aromatic carbocycles. The van der Waals surface area contributed by atoms with Gasteiger partial charge in [-0.2, -0.15) is 0 Å². The summed E-state index contributed by atoms with van der Waals surface area (Å²) in [4.78, 5) is 0. The van der Waals surface area contributed by atoms with Gasteiger partial charge in [0.15, 0.2) is 0 Å². The topological polar surface area (TPSA) is 0 Å². The highest BCUT2D eigenvalue weighted by atomic mass is 14.6. The molecule has 3 aliphatic rings. The summed E-state index contributed by atoms with van der Waals surface area (Å²) in [6, 6.07) is 0. The summed E-state index contributed by atoms with van der Waals surface area (Å²) >= 11 is 0. The molecule has 4 atom stereocenters. The maximum absolute atomic E-state index is 2.52. The molecule has 0 saturated heterocycles. The zero-order valence-corrected chi connectivity index (χ0v) is 9.22. The van der Waals surface area contributed by atoms with Crippen LogP contribution in [0.1, 0.15) is 46.5 Å². The minimum atomic E-state index is 0.676. The van der Waals surface area contributed by atoms with Crippen molar-refractivity contribution in [2.75, 3.05) is 0 Å². The van der Waals surface area contributed by atoms with Crippen LogP contribution >= 0.6 is 0 Å². The molecular weight excluding hydrogens is 156 g/mol. The molecule has 0 nitrogen and oxygen atoms in total. The van der Waals surface area contributed by atoms with E-state index in [-0.39, 0.29) is 0 Å². The lowest BCUT2D eigenvalue weighted by Crippen LogP contribution is -2.42. The number of hydrogen-bond donors (Lipinski definition) is 0. The molecule has 0 bridgehead atoms. The first kappa shape index (κ1) is 8.32. The maximum Gasteiger partial charge on any atom is -0.0300 e. The van der Waals surface area contributed by atoms with Gasteiger partial charge in [-0.15, -0.1) is 0 Å². The van der Waals surface area contributed by atoms with Crippen LogP contribution in [-0.4, -0.2) is 0 Å². The highest BCUT2D eigenvalue weighted by molar-refractivity contribution is 5.08. The molecule has 74 valence electrons. The van der Waals surface area contributed by atoms with Gasteiger partial charge in [0.1, 0.15) is 0 Å². The third kappa shape index (κ3) is 1.04. The second kappa shape index (κ2) is 2.32. The highest BCUT2D eigenvalue weighted by Crippen LogP contribution is 2.67. The summed E-state index contributed by atoms with van der Waals surface area (Å²) < 4.78 is 0. The Hall–Kier alpha value is 0. The summed E-state index contributed by atoms with van der Waals surface area (Å²) in [5.41, 5.74) is 0.676. The van der Waals surface area contributed by atoms with E-state index in [2.05, 4.69) is 20.8 Å². The van der Waals surface area contributed by atoms with Crippen molar-refractivity contribution in [3.63, 3.8) is 0 Å². The van der Waals surface area contributed by atoms with Gasteiger partial charge in [0, 0.05) is 0 Å². The van der Waals surface area contributed by atoms with Crippen LogP contribution in [0.5, 0.6) is 0 Å². The van der Waals surface area contributed by atoms with Crippen LogP contribution in [-0.2, 0) is 0 Å². The third-order valence-electron chi connectivity index (χ3n) is 5.18. The van der Waals surface area contributed by atoms with Crippen LogP contribution < -0.4 is 0 Å². The van der Waals surface area contributed by atoms with Crippen molar-refractivity contribution in [1.29, 1.82) is 0 Å². The second-order valence-electron chi connectivity index (χ2n) is 6.60. The van der Waals surface area contributed by atoms with E-state index < -0.39 is 0 Å². The summed E-state index contributed by atoms with van der Waals surface area (Å²) in [6.45, 7) is 7.51. The molecule has 0 heterocycles. The van der Waals surface area contributed by atoms with E-state index in [9.17, 15) is 0 Å². The van der Waals surface area contributed by atoms with E-state index >= 15 is 0 Å². The van der Waals surface area contributed by atoms with Crippen LogP contribution in [0, 0.1) is 35.0 Å². The monoisotopic (exact) mass is 178 g/mol. The molecular formula is C13H22. The quantitative estimate of drug-likeness (QED) is 0.574. The molecule has 0 spiro atoms. The SMILES string of the molecule is CC1CC(C)(C)C2C1CC2C1CC1. The molecule has 0 aliphatic heterocycles. The van der Waals surface area contributed by atoms with Crippen LogP contribution in [0.4, 0.5) is 0 Å². The molecule has 0 aromatic rings. The van der Waals surface area contributed by atoms with Gasteiger partial charge in [-0.3, -0.25) is 0 Å². The fourth-order valence-electron chi connectivity index (χ4n) is 4.60. The maximum atomic E-state index is 2.52. The van der Waals surface area contributed by atoms with Crippen molar-refractivity contribution in [2.24, 2.45) is 35.0 Å². The van der Waals surface area contributed by atoms with Crippen LogP contribution in [0.2, 0.25) is 0 Å². The Balaban J connectivity index is 1.80. The molecule has 0 amide bonds. The molecule has 4 unspecified atom stereocenters. The Kier molecular flexibility index (Phi) is 1.49. The average Bonchev–Trinajstić information content (AvgIpc) is 2.60. The van der Waals surface area contributed by atoms with Crippen molar-refractivity contribution in [2.45, 2.75) is 46.5 Å². The Morgan fingerprint density at radius 2 is 1.77 bits per heavy atom. The minimum absolute atomic E-state index is 0.676. The highest BCUT2D eigenvalue weighted by Gasteiger charge is 2.59. The predicted octanol–water partition coefficient (Wildman–Crippen LogP) is 3.71. The first-order valence-corrected chi connectivity index (χ1v) is 6.09. The number of fused-ring (bicyclic) bond motifs is 1. The van der Waals surface area contributed by atoms with Gasteiger partial charge in [-0.25, -0.2) is 0 Å². The molecule has 0 radical (unpaired) electrons. The van der Waals surface area contributed by atoms with Crippen molar-refractivity contribution < 1.29 is 0 Å². The lowest BCUT2D eigenvalue weighted by atomic mass is 9.57. The standard InChI is InChI=1S/C13H22/c1-8-7-13(2,3)12-10(8)6-11(12)9-4-5-9/h8-12H,4-7H2,1-3H3. The smallest absolute Gasteiger partial charge is 0.0300 e. The van der Waals surface area contributed by atoms with Crippen molar-refractivity contribution in [3.8, 4) is 0 Å². The lowest BCUT2D eigenvalue weighted by Gasteiger charge is -2.48. The molecule has 0 aromatic heterocycles. The Bertz CT molecular complexity index is 224. The fourth-order valence-corrected chi connectivity index (χ4v) is 4.60. The normalized spacial score (nSPS) is 52.8. The van der Waals surface area contributed by atoms with Crippen molar-refractivity contribution in [1.82, 2.24) is 0 Å². The molecule has 0 heteroatoms. The van der Waals surface area contributed by atoms with E-state index in [0.717, 1.165) is 29.6 Å². The molecule has 3 rings (SSSR count).